The summed E-state index contributed by atoms with van der Waals surface area (Å²) in [4.78, 5) is 7.08. The zero-order chi connectivity index (χ0) is 30.8. The standard InChI is InChI=1S/C33H39ClN10/c1-33(2,3)43-14-11-26(12-15-43)44-21-29(39-41-44)31(22-8-6-5-7-9-22)38-25-16-27-30(37-20-24-10-13-42(4)40-24)23(18-35)19-36-32(27)28(34)17-25/h5-10,13,16-17,19,21,26,31,38-39,41H,11-12,14-15,20H2,1-4H3,(H,36,37)/t31-/m0/s1. The number of piperidine rings is 1. The topological polar surface area (TPSA) is 109 Å². The number of hydrogen-bond donors (Lipinski definition) is 4. The molecule has 10 nitrogen and oxygen atoms in total. The van der Waals surface area contributed by atoms with E-state index < -0.39 is 0 Å². The molecule has 0 aliphatic carbocycles. The summed E-state index contributed by atoms with van der Waals surface area (Å²) in [6.07, 6.45) is 7.81. The molecule has 4 N–H and O–H groups in total. The largest absolute Gasteiger partial charge is 0.378 e. The van der Waals surface area contributed by atoms with Gasteiger partial charge in [0, 0.05) is 61.4 Å². The summed E-state index contributed by atoms with van der Waals surface area (Å²) in [6.45, 7) is 9.46. The molecule has 44 heavy (non-hydrogen) atoms. The fraction of sp³-hybridized carbons (Fsp3) is 0.364. The van der Waals surface area contributed by atoms with Gasteiger partial charge in [0.1, 0.15) is 6.07 Å². The minimum absolute atomic E-state index is 0.184. The van der Waals surface area contributed by atoms with Crippen molar-refractivity contribution < 1.29 is 0 Å². The Balaban J connectivity index is 1.29. The molecule has 0 bridgehead atoms. The molecule has 228 valence electrons. The Morgan fingerprint density at radius 1 is 1.14 bits per heavy atom. The monoisotopic (exact) mass is 610 g/mol. The Bertz CT molecular complexity index is 1690. The minimum atomic E-state index is -0.186. The van der Waals surface area contributed by atoms with Crippen LogP contribution in [0.3, 0.4) is 0 Å². The molecule has 6 rings (SSSR count). The average molecular weight is 611 g/mol. The van der Waals surface area contributed by atoms with Gasteiger partial charge in [-0.2, -0.15) is 10.4 Å². The molecule has 2 aromatic carbocycles. The van der Waals surface area contributed by atoms with Crippen LogP contribution in [0.25, 0.3) is 10.9 Å². The number of nitrogens with zero attached hydrogens (tertiary/aromatic N) is 6. The van der Waals surface area contributed by atoms with Gasteiger partial charge in [0.2, 0.25) is 0 Å². The van der Waals surface area contributed by atoms with Crippen LogP contribution in [-0.2, 0) is 13.6 Å². The second-order valence-electron chi connectivity index (χ2n) is 12.5. The van der Waals surface area contributed by atoms with Gasteiger partial charge in [-0.15, -0.1) is 5.53 Å². The van der Waals surface area contributed by atoms with Gasteiger partial charge >= 0.3 is 0 Å². The second kappa shape index (κ2) is 12.4. The van der Waals surface area contributed by atoms with E-state index in [2.05, 4.69) is 86.8 Å². The predicted octanol–water partition coefficient (Wildman–Crippen LogP) is 5.69. The first-order valence-electron chi connectivity index (χ1n) is 15.0. The quantitative estimate of drug-likeness (QED) is 0.200. The summed E-state index contributed by atoms with van der Waals surface area (Å²) in [5.74, 6) is 0. The van der Waals surface area contributed by atoms with E-state index in [1.165, 1.54) is 0 Å². The van der Waals surface area contributed by atoms with Crippen LogP contribution in [0.2, 0.25) is 5.02 Å². The van der Waals surface area contributed by atoms with Crippen molar-refractivity contribution in [3.63, 3.8) is 0 Å². The number of anilines is 2. The second-order valence-corrected chi connectivity index (χ2v) is 12.9. The van der Waals surface area contributed by atoms with Crippen LogP contribution < -0.4 is 21.6 Å². The number of nitriles is 1. The first kappa shape index (κ1) is 29.8. The van der Waals surface area contributed by atoms with E-state index in [9.17, 15) is 5.26 Å². The lowest BCUT2D eigenvalue weighted by molar-refractivity contribution is 0.0570. The summed E-state index contributed by atoms with van der Waals surface area (Å²) in [5, 5.41) is 25.0. The highest BCUT2D eigenvalue weighted by atomic mass is 35.5. The molecular formula is C33H39ClN10. The summed E-state index contributed by atoms with van der Waals surface area (Å²) in [6, 6.07) is 18.7. The molecule has 0 radical (unpaired) electrons. The van der Waals surface area contributed by atoms with Gasteiger partial charge in [-0.05, 0) is 57.4 Å². The van der Waals surface area contributed by atoms with Gasteiger partial charge in [-0.1, -0.05) is 41.9 Å². The molecule has 11 heteroatoms. The maximum absolute atomic E-state index is 9.91. The zero-order valence-electron chi connectivity index (χ0n) is 25.6. The van der Waals surface area contributed by atoms with Crippen molar-refractivity contribution in [2.45, 2.75) is 57.8 Å². The van der Waals surface area contributed by atoms with Crippen LogP contribution in [-0.4, -0.2) is 49.3 Å². The molecule has 0 spiro atoms. The third-order valence-electron chi connectivity index (χ3n) is 8.43. The highest BCUT2D eigenvalue weighted by molar-refractivity contribution is 6.35. The van der Waals surface area contributed by atoms with Crippen LogP contribution in [0.5, 0.6) is 0 Å². The number of hydrogen-bond acceptors (Lipinski definition) is 9. The van der Waals surface area contributed by atoms with E-state index >= 15 is 0 Å². The highest BCUT2D eigenvalue weighted by Gasteiger charge is 2.32. The molecule has 1 saturated heterocycles. The van der Waals surface area contributed by atoms with Crippen molar-refractivity contribution in [2.24, 2.45) is 7.05 Å². The summed E-state index contributed by atoms with van der Waals surface area (Å²) in [5.41, 5.74) is 12.6. The predicted molar refractivity (Wildman–Crippen MR) is 175 cm³/mol. The van der Waals surface area contributed by atoms with Crippen molar-refractivity contribution in [3.05, 3.63) is 94.7 Å². The number of hydrazine groups is 2. The Morgan fingerprint density at radius 2 is 1.91 bits per heavy atom. The number of rotatable bonds is 8. The lowest BCUT2D eigenvalue weighted by atomic mass is 9.98. The number of likely N-dealkylation sites (tertiary alicyclic amines) is 1. The Labute approximate surface area is 263 Å². The number of aryl methyl sites for hydroxylation is 1. The molecule has 0 saturated carbocycles. The van der Waals surface area contributed by atoms with E-state index in [1.54, 1.807) is 10.9 Å². The molecule has 0 amide bonds. The Morgan fingerprint density at radius 3 is 2.59 bits per heavy atom. The van der Waals surface area contributed by atoms with Crippen LogP contribution in [0, 0.1) is 11.3 Å². The van der Waals surface area contributed by atoms with Crippen molar-refractivity contribution in [2.75, 3.05) is 23.7 Å². The molecule has 0 unspecified atom stereocenters. The Hall–Kier alpha value is -4.30. The van der Waals surface area contributed by atoms with Crippen LogP contribution in [0.15, 0.2) is 72.8 Å². The lowest BCUT2D eigenvalue weighted by Crippen LogP contribution is -2.52. The van der Waals surface area contributed by atoms with Gasteiger partial charge in [0.15, 0.2) is 0 Å². The number of halogens is 1. The van der Waals surface area contributed by atoms with Crippen LogP contribution in [0.1, 0.15) is 56.5 Å². The van der Waals surface area contributed by atoms with E-state index in [1.807, 2.05) is 49.6 Å². The molecule has 2 aliphatic heterocycles. The van der Waals surface area contributed by atoms with E-state index in [4.69, 9.17) is 11.6 Å². The van der Waals surface area contributed by atoms with Gasteiger partial charge < -0.3 is 16.1 Å². The summed E-state index contributed by atoms with van der Waals surface area (Å²) in [7, 11) is 1.88. The van der Waals surface area contributed by atoms with Gasteiger partial charge in [0.25, 0.3) is 0 Å². The molecule has 4 aromatic rings. The van der Waals surface area contributed by atoms with E-state index in [0.29, 0.717) is 34.4 Å². The van der Waals surface area contributed by atoms with Crippen molar-refractivity contribution in [1.29, 1.82) is 5.26 Å². The SMILES string of the molecule is Cn1ccc(CNc2c(C#N)cnc3c(Cl)cc(N[C@H](C4=CN(C5CCN(C(C)(C)C)CC5)NN4)c4ccccc4)cc23)n1. The maximum Gasteiger partial charge on any atom is 0.103 e. The van der Waals surface area contributed by atoms with Crippen molar-refractivity contribution >= 4 is 33.9 Å². The third-order valence-corrected chi connectivity index (χ3v) is 8.72. The van der Waals surface area contributed by atoms with Gasteiger partial charge in [-0.3, -0.25) is 19.6 Å². The van der Waals surface area contributed by atoms with Crippen molar-refractivity contribution in [3.8, 4) is 6.07 Å². The van der Waals surface area contributed by atoms with Crippen LogP contribution in [0.4, 0.5) is 11.4 Å². The molecule has 1 fully saturated rings. The molecule has 2 aromatic heterocycles. The van der Waals surface area contributed by atoms with Gasteiger partial charge in [-0.25, -0.2) is 0 Å². The van der Waals surface area contributed by atoms with Crippen LogP contribution >= 0.6 is 11.6 Å². The summed E-state index contributed by atoms with van der Waals surface area (Å²) >= 11 is 6.82. The van der Waals surface area contributed by atoms with E-state index in [-0.39, 0.29) is 11.6 Å². The van der Waals surface area contributed by atoms with E-state index in [0.717, 1.165) is 54.0 Å². The number of nitrogens with one attached hydrogen (secondary N) is 4. The smallest absolute Gasteiger partial charge is 0.103 e. The maximum atomic E-state index is 9.91. The van der Waals surface area contributed by atoms with Gasteiger partial charge in [0.05, 0.1) is 45.8 Å². The molecule has 2 aliphatic rings. The first-order chi connectivity index (χ1) is 21.2. The number of aromatic nitrogens is 3. The highest BCUT2D eigenvalue weighted by Crippen LogP contribution is 2.36. The average Bonchev–Trinajstić information content (AvgIpc) is 3.68. The zero-order valence-corrected chi connectivity index (χ0v) is 26.4. The molecule has 1 atom stereocenters. The first-order valence-corrected chi connectivity index (χ1v) is 15.4. The third kappa shape index (κ3) is 6.31. The lowest BCUT2D eigenvalue weighted by Gasteiger charge is -2.42. The summed E-state index contributed by atoms with van der Waals surface area (Å²) < 4.78 is 1.76. The minimum Gasteiger partial charge on any atom is -0.378 e. The molecule has 4 heterocycles. The fourth-order valence-corrected chi connectivity index (χ4v) is 6.28. The molecular weight excluding hydrogens is 572 g/mol. The Kier molecular flexibility index (Phi) is 8.36. The number of pyridine rings is 1. The number of benzene rings is 2. The van der Waals surface area contributed by atoms with Crippen molar-refractivity contribution in [1.82, 2.24) is 35.6 Å². The normalized spacial score (nSPS) is 16.8. The number of fused-ring (bicyclic) bond motifs is 1. The fourth-order valence-electron chi connectivity index (χ4n) is 6.01.